The first kappa shape index (κ1) is 9.80. The van der Waals surface area contributed by atoms with Crippen molar-refractivity contribution in [3.8, 4) is 0 Å². The number of rotatable bonds is 2. The Kier molecular flexibility index (Phi) is 2.01. The second kappa shape index (κ2) is 2.87. The lowest BCUT2D eigenvalue weighted by Crippen LogP contribution is -2.25. The van der Waals surface area contributed by atoms with Crippen LogP contribution < -0.4 is 5.32 Å². The summed E-state index contributed by atoms with van der Waals surface area (Å²) >= 11 is 11.7. The minimum atomic E-state index is -0.930. The molecule has 1 saturated carbocycles. The molecule has 0 aliphatic heterocycles. The maximum atomic E-state index is 11.7. The second-order valence-electron chi connectivity index (χ2n) is 3.65. The Morgan fingerprint density at radius 2 is 2.36 bits per heavy atom. The number of nitrogens with one attached hydrogen (secondary N) is 2. The number of hydrogen-bond donors (Lipinski definition) is 2. The molecule has 1 amide bonds. The van der Waals surface area contributed by atoms with E-state index in [2.05, 4.69) is 15.5 Å². The van der Waals surface area contributed by atoms with E-state index >= 15 is 0 Å². The molecule has 6 heteroatoms. The van der Waals surface area contributed by atoms with Gasteiger partial charge in [0.2, 0.25) is 5.91 Å². The topological polar surface area (TPSA) is 57.8 Å². The fraction of sp³-hybridized carbons (Fsp3) is 0.500. The van der Waals surface area contributed by atoms with Gasteiger partial charge in [-0.05, 0) is 13.3 Å². The minimum Gasteiger partial charge on any atom is -0.323 e. The maximum Gasteiger partial charge on any atom is 0.233 e. The molecule has 2 rings (SSSR count). The van der Waals surface area contributed by atoms with Gasteiger partial charge in [-0.3, -0.25) is 9.89 Å². The number of alkyl halides is 2. The quantitative estimate of drug-likeness (QED) is 0.768. The lowest BCUT2D eigenvalue weighted by molar-refractivity contribution is -0.120. The average molecular weight is 234 g/mol. The highest BCUT2D eigenvalue weighted by atomic mass is 35.5. The molecule has 0 spiro atoms. The van der Waals surface area contributed by atoms with Crippen LogP contribution in [0.25, 0.3) is 0 Å². The van der Waals surface area contributed by atoms with E-state index in [-0.39, 0.29) is 5.91 Å². The normalized spacial score (nSPS) is 28.5. The third kappa shape index (κ3) is 1.38. The highest BCUT2D eigenvalue weighted by Crippen LogP contribution is 2.64. The Morgan fingerprint density at radius 3 is 2.79 bits per heavy atom. The highest BCUT2D eigenvalue weighted by Gasteiger charge is 2.67. The second-order valence-corrected chi connectivity index (χ2v) is 5.14. The molecule has 1 aliphatic rings. The number of anilines is 1. The SMILES string of the molecule is C[C@]1(C(=O)Nc2cn[nH]c2)CC1(Cl)Cl. The van der Waals surface area contributed by atoms with Crippen molar-refractivity contribution in [1.29, 1.82) is 0 Å². The zero-order valence-corrected chi connectivity index (χ0v) is 8.99. The van der Waals surface area contributed by atoms with Crippen molar-refractivity contribution in [2.24, 2.45) is 5.41 Å². The Balaban J connectivity index is 2.05. The fourth-order valence-electron chi connectivity index (χ4n) is 1.23. The molecule has 0 aromatic carbocycles. The van der Waals surface area contributed by atoms with Crippen molar-refractivity contribution >= 4 is 34.8 Å². The van der Waals surface area contributed by atoms with E-state index in [1.165, 1.54) is 6.20 Å². The van der Waals surface area contributed by atoms with E-state index in [0.717, 1.165) is 0 Å². The standard InChI is InChI=1S/C8H9Cl2N3O/c1-7(4-8(7,9)10)6(14)13-5-2-11-12-3-5/h2-3H,4H2,1H3,(H,11,12)(H,13,14)/t7-/m1/s1. The number of carbonyl (C=O) groups is 1. The third-order valence-electron chi connectivity index (χ3n) is 2.52. The molecule has 1 aliphatic carbocycles. The molecule has 0 radical (unpaired) electrons. The van der Waals surface area contributed by atoms with Crippen LogP contribution in [-0.4, -0.2) is 20.4 Å². The molecule has 0 unspecified atom stereocenters. The van der Waals surface area contributed by atoms with E-state index in [0.29, 0.717) is 12.1 Å². The maximum absolute atomic E-state index is 11.7. The molecule has 1 fully saturated rings. The van der Waals surface area contributed by atoms with Gasteiger partial charge < -0.3 is 5.32 Å². The zero-order chi connectivity index (χ0) is 10.4. The first-order chi connectivity index (χ1) is 6.46. The van der Waals surface area contributed by atoms with Crippen LogP contribution in [0, 0.1) is 5.41 Å². The molecule has 2 N–H and O–H groups in total. The van der Waals surface area contributed by atoms with Crippen LogP contribution in [0.3, 0.4) is 0 Å². The van der Waals surface area contributed by atoms with E-state index in [4.69, 9.17) is 23.2 Å². The molecule has 1 atom stereocenters. The van der Waals surface area contributed by atoms with Gasteiger partial charge in [-0.15, -0.1) is 23.2 Å². The van der Waals surface area contributed by atoms with Crippen LogP contribution in [0.15, 0.2) is 12.4 Å². The van der Waals surface area contributed by atoms with E-state index in [1.54, 1.807) is 13.1 Å². The monoisotopic (exact) mass is 233 g/mol. The van der Waals surface area contributed by atoms with Gasteiger partial charge in [-0.25, -0.2) is 0 Å². The van der Waals surface area contributed by atoms with Gasteiger partial charge in [0, 0.05) is 6.20 Å². The first-order valence-electron chi connectivity index (χ1n) is 4.14. The number of halogens is 2. The predicted molar refractivity (Wildman–Crippen MR) is 54.4 cm³/mol. The molecule has 76 valence electrons. The van der Waals surface area contributed by atoms with Crippen molar-refractivity contribution < 1.29 is 4.79 Å². The van der Waals surface area contributed by atoms with Crippen LogP contribution >= 0.6 is 23.2 Å². The van der Waals surface area contributed by atoms with Gasteiger partial charge in [0.1, 0.15) is 4.33 Å². The summed E-state index contributed by atoms with van der Waals surface area (Å²) in [4.78, 5) is 11.7. The van der Waals surface area contributed by atoms with E-state index < -0.39 is 9.75 Å². The number of aromatic nitrogens is 2. The number of H-pyrrole nitrogens is 1. The largest absolute Gasteiger partial charge is 0.323 e. The smallest absolute Gasteiger partial charge is 0.233 e. The summed E-state index contributed by atoms with van der Waals surface area (Å²) < 4.78 is -0.930. The lowest BCUT2D eigenvalue weighted by Gasteiger charge is -2.10. The number of aromatic amines is 1. The third-order valence-corrected chi connectivity index (χ3v) is 3.62. The summed E-state index contributed by atoms with van der Waals surface area (Å²) in [5, 5.41) is 8.98. The molecule has 1 aromatic heterocycles. The molecular weight excluding hydrogens is 225 g/mol. The first-order valence-corrected chi connectivity index (χ1v) is 4.89. The summed E-state index contributed by atoms with van der Waals surface area (Å²) in [5.74, 6) is -0.177. The van der Waals surface area contributed by atoms with Gasteiger partial charge >= 0.3 is 0 Å². The van der Waals surface area contributed by atoms with E-state index in [1.807, 2.05) is 0 Å². The zero-order valence-electron chi connectivity index (χ0n) is 7.47. The van der Waals surface area contributed by atoms with Crippen molar-refractivity contribution in [1.82, 2.24) is 10.2 Å². The number of amides is 1. The van der Waals surface area contributed by atoms with Crippen LogP contribution in [0.1, 0.15) is 13.3 Å². The summed E-state index contributed by atoms with van der Waals surface area (Å²) in [7, 11) is 0. The Morgan fingerprint density at radius 1 is 1.71 bits per heavy atom. The lowest BCUT2D eigenvalue weighted by atomic mass is 10.1. The highest BCUT2D eigenvalue weighted by molar-refractivity contribution is 6.53. The number of nitrogens with zero attached hydrogens (tertiary/aromatic N) is 1. The van der Waals surface area contributed by atoms with Crippen molar-refractivity contribution in [3.63, 3.8) is 0 Å². The average Bonchev–Trinajstić information content (AvgIpc) is 2.54. The summed E-state index contributed by atoms with van der Waals surface area (Å²) in [6.45, 7) is 1.74. The molecule has 4 nitrogen and oxygen atoms in total. The molecular formula is C8H9Cl2N3O. The van der Waals surface area contributed by atoms with Crippen molar-refractivity contribution in [2.75, 3.05) is 5.32 Å². The minimum absolute atomic E-state index is 0.177. The Labute approximate surface area is 91.0 Å². The van der Waals surface area contributed by atoms with Crippen molar-refractivity contribution in [2.45, 2.75) is 17.7 Å². The van der Waals surface area contributed by atoms with Gasteiger partial charge in [-0.1, -0.05) is 0 Å². The molecule has 1 aromatic rings. The van der Waals surface area contributed by atoms with Gasteiger partial charge in [-0.2, -0.15) is 5.10 Å². The van der Waals surface area contributed by atoms with Gasteiger partial charge in [0.25, 0.3) is 0 Å². The number of carbonyl (C=O) groups excluding carboxylic acids is 1. The number of hydrogen-bond acceptors (Lipinski definition) is 2. The molecule has 0 saturated heterocycles. The Hall–Kier alpha value is -0.740. The van der Waals surface area contributed by atoms with Crippen LogP contribution in [0.4, 0.5) is 5.69 Å². The molecule has 14 heavy (non-hydrogen) atoms. The fourth-order valence-corrected chi connectivity index (χ4v) is 1.94. The van der Waals surface area contributed by atoms with Gasteiger partial charge in [0.15, 0.2) is 0 Å². The van der Waals surface area contributed by atoms with Gasteiger partial charge in [0.05, 0.1) is 17.3 Å². The van der Waals surface area contributed by atoms with Crippen LogP contribution in [0.2, 0.25) is 0 Å². The molecule has 1 heterocycles. The summed E-state index contributed by atoms with van der Waals surface area (Å²) in [6.07, 6.45) is 3.59. The van der Waals surface area contributed by atoms with E-state index in [9.17, 15) is 4.79 Å². The predicted octanol–water partition coefficient (Wildman–Crippen LogP) is 1.93. The molecule has 0 bridgehead atoms. The Bertz CT molecular complexity index is 363. The summed E-state index contributed by atoms with van der Waals surface area (Å²) in [6, 6.07) is 0. The van der Waals surface area contributed by atoms with Crippen molar-refractivity contribution in [3.05, 3.63) is 12.4 Å². The van der Waals surface area contributed by atoms with Crippen LogP contribution in [0.5, 0.6) is 0 Å². The van der Waals surface area contributed by atoms with Crippen LogP contribution in [-0.2, 0) is 4.79 Å². The summed E-state index contributed by atoms with van der Waals surface area (Å²) in [5.41, 5.74) is -0.0693.